The minimum absolute atomic E-state index is 0.139. The second-order valence-corrected chi connectivity index (χ2v) is 10.4. The number of rotatable bonds is 5. The van der Waals surface area contributed by atoms with Gasteiger partial charge in [0.25, 0.3) is 0 Å². The van der Waals surface area contributed by atoms with Crippen LogP contribution in [0.15, 0.2) is 109 Å². The van der Waals surface area contributed by atoms with Gasteiger partial charge in [-0.05, 0) is 48.0 Å². The van der Waals surface area contributed by atoms with Gasteiger partial charge < -0.3 is 9.64 Å². The van der Waals surface area contributed by atoms with Gasteiger partial charge in [0.15, 0.2) is 5.78 Å². The van der Waals surface area contributed by atoms with E-state index in [0.717, 1.165) is 10.5 Å². The van der Waals surface area contributed by atoms with Crippen LogP contribution in [0, 0.1) is 17.7 Å². The Labute approximate surface area is 240 Å². The summed E-state index contributed by atoms with van der Waals surface area (Å²) in [5, 5.41) is 0. The summed E-state index contributed by atoms with van der Waals surface area (Å²) in [6, 6.07) is 26.3. The number of ketones is 1. The highest BCUT2D eigenvalue weighted by Crippen LogP contribution is 2.49. The lowest BCUT2D eigenvalue weighted by atomic mass is 9.89. The third-order valence-corrected chi connectivity index (χ3v) is 8.12. The van der Waals surface area contributed by atoms with Crippen LogP contribution in [-0.4, -0.2) is 35.7 Å². The normalized spacial score (nSPS) is 22.0. The van der Waals surface area contributed by atoms with E-state index in [-0.39, 0.29) is 17.2 Å². The minimum atomic E-state index is -1.15. The maximum absolute atomic E-state index is 14.7. The van der Waals surface area contributed by atoms with Crippen LogP contribution in [0.4, 0.5) is 15.8 Å². The Balaban J connectivity index is 1.23. The van der Waals surface area contributed by atoms with Gasteiger partial charge in [-0.1, -0.05) is 72.8 Å². The second kappa shape index (κ2) is 9.92. The Morgan fingerprint density at radius 2 is 1.31 bits per heavy atom. The Bertz CT molecular complexity index is 1790. The van der Waals surface area contributed by atoms with E-state index in [9.17, 15) is 23.6 Å². The highest BCUT2D eigenvalue weighted by atomic mass is 19.1. The Kier molecular flexibility index (Phi) is 6.04. The number of nitrogens with zero attached hydrogens (tertiary/aromatic N) is 2. The van der Waals surface area contributed by atoms with Crippen LogP contribution in [0.3, 0.4) is 0 Å². The predicted molar refractivity (Wildman–Crippen MR) is 153 cm³/mol. The molecule has 0 saturated carbocycles. The number of carbonyl (C=O) groups excluding carboxylic acids is 4. The van der Waals surface area contributed by atoms with Gasteiger partial charge in [0, 0.05) is 16.8 Å². The average Bonchev–Trinajstić information content (AvgIpc) is 3.50. The maximum Gasteiger partial charge on any atom is 0.335 e. The summed E-state index contributed by atoms with van der Waals surface area (Å²) in [6.07, 6.45) is 3.68. The highest BCUT2D eigenvalue weighted by Gasteiger charge is 2.65. The number of carbonyl (C=O) groups is 4. The number of esters is 1. The molecule has 0 aromatic heterocycles. The van der Waals surface area contributed by atoms with E-state index in [4.69, 9.17) is 4.74 Å². The Hall–Kier alpha value is -5.37. The van der Waals surface area contributed by atoms with Crippen LogP contribution >= 0.6 is 0 Å². The van der Waals surface area contributed by atoms with Gasteiger partial charge >= 0.3 is 5.97 Å². The summed E-state index contributed by atoms with van der Waals surface area (Å²) in [5.74, 6) is -4.63. The van der Waals surface area contributed by atoms with Crippen molar-refractivity contribution in [3.63, 3.8) is 0 Å². The molecule has 2 amide bonds. The van der Waals surface area contributed by atoms with Crippen LogP contribution in [-0.2, 0) is 14.4 Å². The van der Waals surface area contributed by atoms with Crippen molar-refractivity contribution in [2.24, 2.45) is 11.8 Å². The molecule has 4 atom stereocenters. The quantitative estimate of drug-likeness (QED) is 0.148. The first-order valence-corrected chi connectivity index (χ1v) is 13.5. The zero-order valence-corrected chi connectivity index (χ0v) is 22.1. The van der Waals surface area contributed by atoms with E-state index in [0.29, 0.717) is 16.8 Å². The molecule has 0 bridgehead atoms. The molecule has 206 valence electrons. The van der Waals surface area contributed by atoms with E-state index in [2.05, 4.69) is 0 Å². The molecule has 7 nitrogen and oxygen atoms in total. The Morgan fingerprint density at radius 1 is 0.690 bits per heavy atom. The van der Waals surface area contributed by atoms with Crippen molar-refractivity contribution in [2.75, 3.05) is 9.80 Å². The number of halogens is 1. The topological polar surface area (TPSA) is 84.0 Å². The predicted octanol–water partition coefficient (Wildman–Crippen LogP) is 5.05. The number of benzene rings is 4. The molecule has 8 heteroatoms. The SMILES string of the molecule is O=C(c1ccccc1)c1ccc(OC(=O)[C@H]2[C@H]3C(=O)N(c4ccccc4F)C(=O)[C@H]3[C@@H]3C=Cc4ccccc4N32)cc1. The lowest BCUT2D eigenvalue weighted by Gasteiger charge is -2.36. The van der Waals surface area contributed by atoms with Gasteiger partial charge in [-0.2, -0.15) is 0 Å². The first-order chi connectivity index (χ1) is 20.4. The van der Waals surface area contributed by atoms with E-state index >= 15 is 0 Å². The number of hydrogen-bond acceptors (Lipinski definition) is 6. The first-order valence-electron chi connectivity index (χ1n) is 13.5. The molecule has 0 aliphatic carbocycles. The molecule has 0 spiro atoms. The molecule has 3 aliphatic heterocycles. The summed E-state index contributed by atoms with van der Waals surface area (Å²) < 4.78 is 20.5. The monoisotopic (exact) mass is 558 g/mol. The molecule has 42 heavy (non-hydrogen) atoms. The lowest BCUT2D eigenvalue weighted by Crippen LogP contribution is -2.50. The molecule has 2 fully saturated rings. The highest BCUT2D eigenvalue weighted by molar-refractivity contribution is 6.24. The van der Waals surface area contributed by atoms with Gasteiger partial charge in [-0.25, -0.2) is 14.1 Å². The molecule has 3 heterocycles. The first kappa shape index (κ1) is 25.6. The van der Waals surface area contributed by atoms with E-state index in [1.807, 2.05) is 42.5 Å². The summed E-state index contributed by atoms with van der Waals surface area (Å²) >= 11 is 0. The Morgan fingerprint density at radius 3 is 2.05 bits per heavy atom. The van der Waals surface area contributed by atoms with Crippen LogP contribution in [0.2, 0.25) is 0 Å². The van der Waals surface area contributed by atoms with Crippen LogP contribution < -0.4 is 14.5 Å². The molecule has 0 radical (unpaired) electrons. The van der Waals surface area contributed by atoms with Crippen molar-refractivity contribution in [1.29, 1.82) is 0 Å². The number of fused-ring (bicyclic) bond motifs is 5. The smallest absolute Gasteiger partial charge is 0.335 e. The summed E-state index contributed by atoms with van der Waals surface area (Å²) in [7, 11) is 0. The van der Waals surface area contributed by atoms with E-state index in [1.54, 1.807) is 47.4 Å². The van der Waals surface area contributed by atoms with Crippen molar-refractivity contribution < 1.29 is 28.3 Å². The van der Waals surface area contributed by atoms with Crippen molar-refractivity contribution in [1.82, 2.24) is 0 Å². The lowest BCUT2D eigenvalue weighted by molar-refractivity contribution is -0.139. The number of anilines is 2. The third kappa shape index (κ3) is 3.95. The molecular weight excluding hydrogens is 535 g/mol. The average molecular weight is 559 g/mol. The molecule has 4 aromatic rings. The minimum Gasteiger partial charge on any atom is -0.425 e. The van der Waals surface area contributed by atoms with Gasteiger partial charge in [0.05, 0.1) is 23.6 Å². The zero-order chi connectivity index (χ0) is 29.0. The van der Waals surface area contributed by atoms with Crippen LogP contribution in [0.5, 0.6) is 5.75 Å². The molecule has 7 rings (SSSR count). The van der Waals surface area contributed by atoms with Gasteiger partial charge in [0.1, 0.15) is 17.6 Å². The zero-order valence-electron chi connectivity index (χ0n) is 22.1. The number of hydrogen-bond donors (Lipinski definition) is 0. The molecule has 3 aliphatic rings. The fourth-order valence-corrected chi connectivity index (χ4v) is 6.26. The van der Waals surface area contributed by atoms with Gasteiger partial charge in [-0.3, -0.25) is 14.4 Å². The number of ether oxygens (including phenoxy) is 1. The fraction of sp³-hybridized carbons (Fsp3) is 0.118. The van der Waals surface area contributed by atoms with E-state index < -0.39 is 47.5 Å². The maximum atomic E-state index is 14.7. The third-order valence-electron chi connectivity index (χ3n) is 8.12. The molecule has 0 N–H and O–H groups in total. The summed E-state index contributed by atoms with van der Waals surface area (Å²) in [6.45, 7) is 0. The van der Waals surface area contributed by atoms with Crippen LogP contribution in [0.25, 0.3) is 6.08 Å². The van der Waals surface area contributed by atoms with Gasteiger partial charge in [0.2, 0.25) is 11.8 Å². The molecule has 4 aromatic carbocycles. The number of amides is 2. The second-order valence-electron chi connectivity index (χ2n) is 10.4. The van der Waals surface area contributed by atoms with Crippen molar-refractivity contribution in [2.45, 2.75) is 12.1 Å². The van der Waals surface area contributed by atoms with Crippen molar-refractivity contribution >= 4 is 41.0 Å². The van der Waals surface area contributed by atoms with Crippen molar-refractivity contribution in [3.8, 4) is 5.75 Å². The van der Waals surface area contributed by atoms with E-state index in [1.165, 1.54) is 30.3 Å². The molecule has 0 unspecified atom stereocenters. The summed E-state index contributed by atoms with van der Waals surface area (Å²) in [5.41, 5.74) is 2.35. The van der Waals surface area contributed by atoms with Crippen LogP contribution in [0.1, 0.15) is 21.5 Å². The van der Waals surface area contributed by atoms with Gasteiger partial charge in [-0.15, -0.1) is 0 Å². The molecule has 2 saturated heterocycles. The van der Waals surface area contributed by atoms with Crippen molar-refractivity contribution in [3.05, 3.63) is 132 Å². The number of para-hydroxylation sites is 2. The standard InChI is InChI=1S/C34H23FN2O5/c35-24-11-5-7-13-26(24)37-32(39)28-27-19-16-20-8-4-6-12-25(20)36(27)30(29(28)33(37)40)34(41)42-23-17-14-22(15-18-23)31(38)21-9-2-1-3-10-21/h1-19,27-30H/t27-,28-,29-,30+/m0/s1. The summed E-state index contributed by atoms with van der Waals surface area (Å²) in [4.78, 5) is 57.0. The fourth-order valence-electron chi connectivity index (χ4n) is 6.26. The molecular formula is C34H23FN2O5. The largest absolute Gasteiger partial charge is 0.425 e. The number of imide groups is 1.